The van der Waals surface area contributed by atoms with Gasteiger partial charge in [0.05, 0.1) is 12.3 Å². The van der Waals surface area contributed by atoms with Crippen molar-refractivity contribution in [3.63, 3.8) is 0 Å². The van der Waals surface area contributed by atoms with Gasteiger partial charge in [-0.05, 0) is 12.5 Å². The lowest BCUT2D eigenvalue weighted by Crippen LogP contribution is -2.44. The van der Waals surface area contributed by atoms with Crippen LogP contribution in [-0.2, 0) is 25.5 Å². The molecule has 0 atom stereocenters. The molecule has 6 heteroatoms. The quantitative estimate of drug-likeness (QED) is 0.430. The van der Waals surface area contributed by atoms with Crippen molar-refractivity contribution in [1.29, 1.82) is 0 Å². The van der Waals surface area contributed by atoms with Crippen LogP contribution in [0.1, 0.15) is 12.5 Å². The minimum Gasteiger partial charge on any atom is -0.463 e. The van der Waals surface area contributed by atoms with Crippen LogP contribution in [0.5, 0.6) is 0 Å². The second-order valence-electron chi connectivity index (χ2n) is 4.44. The van der Waals surface area contributed by atoms with Gasteiger partial charge in [0.25, 0.3) is 0 Å². The van der Waals surface area contributed by atoms with Gasteiger partial charge in [0, 0.05) is 26.8 Å². The summed E-state index contributed by atoms with van der Waals surface area (Å²) in [6.07, 6.45) is 1.15. The first kappa shape index (κ1) is 18.1. The fourth-order valence-electron chi connectivity index (χ4n) is 1.87. The lowest BCUT2D eigenvalue weighted by molar-refractivity contribution is -0.191. The maximum atomic E-state index is 13.4. The molecular formula is C16H22FNO4. The van der Waals surface area contributed by atoms with Crippen LogP contribution in [0.25, 0.3) is 0 Å². The number of alkyl halides is 1. The molecule has 0 heterocycles. The van der Waals surface area contributed by atoms with E-state index in [1.54, 1.807) is 6.92 Å². The molecule has 5 nitrogen and oxygen atoms in total. The minimum absolute atomic E-state index is 0.169. The second-order valence-corrected chi connectivity index (χ2v) is 4.44. The van der Waals surface area contributed by atoms with Crippen molar-refractivity contribution in [2.75, 3.05) is 27.5 Å². The van der Waals surface area contributed by atoms with Gasteiger partial charge in [0.2, 0.25) is 5.79 Å². The number of benzene rings is 1. The molecule has 1 rings (SSSR count). The van der Waals surface area contributed by atoms with Crippen LogP contribution in [0.15, 0.2) is 42.1 Å². The van der Waals surface area contributed by atoms with Crippen LogP contribution in [0.2, 0.25) is 0 Å². The largest absolute Gasteiger partial charge is 0.463 e. The number of nitrogens with one attached hydrogen (secondary N) is 1. The van der Waals surface area contributed by atoms with E-state index in [1.165, 1.54) is 14.2 Å². The molecule has 1 aromatic carbocycles. The Labute approximate surface area is 130 Å². The molecule has 0 aliphatic carbocycles. The summed E-state index contributed by atoms with van der Waals surface area (Å²) in [6, 6.07) is 9.49. The van der Waals surface area contributed by atoms with Gasteiger partial charge in [-0.25, -0.2) is 9.18 Å². The van der Waals surface area contributed by atoms with Crippen LogP contribution in [0.3, 0.4) is 0 Å². The Bertz CT molecular complexity index is 478. The van der Waals surface area contributed by atoms with Gasteiger partial charge < -0.3 is 19.5 Å². The monoisotopic (exact) mass is 311 g/mol. The molecule has 0 aliphatic heterocycles. The number of esters is 1. The Hall–Kier alpha value is -1.92. The van der Waals surface area contributed by atoms with E-state index >= 15 is 0 Å². The topological polar surface area (TPSA) is 56.8 Å². The average Bonchev–Trinajstić information content (AvgIpc) is 2.55. The highest BCUT2D eigenvalue weighted by atomic mass is 19.1. The number of halogens is 1. The fourth-order valence-corrected chi connectivity index (χ4v) is 1.87. The van der Waals surface area contributed by atoms with Gasteiger partial charge >= 0.3 is 5.97 Å². The molecule has 0 fully saturated rings. The van der Waals surface area contributed by atoms with E-state index in [2.05, 4.69) is 5.32 Å². The summed E-state index contributed by atoms with van der Waals surface area (Å²) in [6.45, 7) is 1.36. The number of hydrogen-bond donors (Lipinski definition) is 1. The third-order valence-corrected chi connectivity index (χ3v) is 3.12. The zero-order chi connectivity index (χ0) is 16.4. The van der Waals surface area contributed by atoms with E-state index < -0.39 is 18.4 Å². The van der Waals surface area contributed by atoms with Gasteiger partial charge in [0.1, 0.15) is 6.67 Å². The zero-order valence-electron chi connectivity index (χ0n) is 13.1. The molecule has 1 N–H and O–H groups in total. The van der Waals surface area contributed by atoms with Crippen LogP contribution >= 0.6 is 0 Å². The van der Waals surface area contributed by atoms with E-state index in [1.807, 2.05) is 30.3 Å². The molecule has 0 aromatic heterocycles. The first-order chi connectivity index (χ1) is 10.6. The third kappa shape index (κ3) is 4.82. The SMILES string of the molecule is CCOC(=O)/C=C(\NCc1ccccc1)C(CF)(OC)OC. The molecule has 0 unspecified atom stereocenters. The summed E-state index contributed by atoms with van der Waals surface area (Å²) < 4.78 is 28.6. The lowest BCUT2D eigenvalue weighted by atomic mass is 10.1. The predicted octanol–water partition coefficient (Wildman–Crippen LogP) is 2.18. The van der Waals surface area contributed by atoms with E-state index in [0.29, 0.717) is 6.54 Å². The standard InChI is InChI=1S/C16H22FNO4/c1-4-22-15(19)10-14(16(12-17,20-2)21-3)18-11-13-8-6-5-7-9-13/h5-10,18H,4,11-12H2,1-3H3/b14-10-. The maximum Gasteiger partial charge on any atom is 0.332 e. The van der Waals surface area contributed by atoms with Crippen LogP contribution in [-0.4, -0.2) is 39.3 Å². The summed E-state index contributed by atoms with van der Waals surface area (Å²) in [5, 5.41) is 2.99. The highest BCUT2D eigenvalue weighted by molar-refractivity contribution is 5.83. The van der Waals surface area contributed by atoms with E-state index in [-0.39, 0.29) is 12.3 Å². The molecule has 0 radical (unpaired) electrons. The van der Waals surface area contributed by atoms with Crippen molar-refractivity contribution in [3.8, 4) is 0 Å². The number of hydrogen-bond acceptors (Lipinski definition) is 5. The van der Waals surface area contributed by atoms with E-state index in [0.717, 1.165) is 11.6 Å². The minimum atomic E-state index is -1.67. The highest BCUT2D eigenvalue weighted by Gasteiger charge is 2.36. The van der Waals surface area contributed by atoms with Crippen LogP contribution < -0.4 is 5.32 Å². The van der Waals surface area contributed by atoms with Crippen LogP contribution in [0, 0.1) is 0 Å². The Morgan fingerprint density at radius 1 is 1.27 bits per heavy atom. The predicted molar refractivity (Wildman–Crippen MR) is 80.7 cm³/mol. The molecule has 0 saturated carbocycles. The third-order valence-electron chi connectivity index (χ3n) is 3.12. The molecular weight excluding hydrogens is 289 g/mol. The van der Waals surface area contributed by atoms with Gasteiger partial charge in [-0.15, -0.1) is 0 Å². The maximum absolute atomic E-state index is 13.4. The van der Waals surface area contributed by atoms with Crippen molar-refractivity contribution in [2.24, 2.45) is 0 Å². The van der Waals surface area contributed by atoms with Crippen molar-refractivity contribution in [2.45, 2.75) is 19.3 Å². The molecule has 1 aromatic rings. The molecule has 122 valence electrons. The smallest absolute Gasteiger partial charge is 0.332 e. The van der Waals surface area contributed by atoms with Gasteiger partial charge in [-0.3, -0.25) is 0 Å². The molecule has 22 heavy (non-hydrogen) atoms. The molecule has 0 aliphatic rings. The average molecular weight is 311 g/mol. The van der Waals surface area contributed by atoms with Crippen molar-refractivity contribution < 1.29 is 23.4 Å². The van der Waals surface area contributed by atoms with Crippen LogP contribution in [0.4, 0.5) is 4.39 Å². The summed E-state index contributed by atoms with van der Waals surface area (Å²) in [5.74, 6) is -2.26. The Kier molecular flexibility index (Phi) is 7.56. The molecule has 0 bridgehead atoms. The Morgan fingerprint density at radius 3 is 2.41 bits per heavy atom. The molecule has 0 amide bonds. The Balaban J connectivity index is 2.97. The van der Waals surface area contributed by atoms with E-state index in [4.69, 9.17) is 14.2 Å². The first-order valence-corrected chi connectivity index (χ1v) is 6.94. The fraction of sp³-hybridized carbons (Fsp3) is 0.438. The summed E-state index contributed by atoms with van der Waals surface area (Å²) in [5.41, 5.74) is 1.14. The summed E-state index contributed by atoms with van der Waals surface area (Å²) >= 11 is 0. The van der Waals surface area contributed by atoms with Gasteiger partial charge in [-0.1, -0.05) is 30.3 Å². The zero-order valence-corrected chi connectivity index (χ0v) is 13.1. The van der Waals surface area contributed by atoms with Gasteiger partial charge in [0.15, 0.2) is 0 Å². The lowest BCUT2D eigenvalue weighted by Gasteiger charge is -2.31. The van der Waals surface area contributed by atoms with Crippen molar-refractivity contribution in [1.82, 2.24) is 5.32 Å². The number of carbonyl (C=O) groups is 1. The number of methoxy groups -OCH3 is 2. The molecule has 0 spiro atoms. The Morgan fingerprint density at radius 2 is 1.91 bits per heavy atom. The van der Waals surface area contributed by atoms with Crippen molar-refractivity contribution >= 4 is 5.97 Å². The van der Waals surface area contributed by atoms with Crippen molar-refractivity contribution in [3.05, 3.63) is 47.7 Å². The second kappa shape index (κ2) is 9.17. The number of ether oxygens (including phenoxy) is 3. The number of carbonyl (C=O) groups excluding carboxylic acids is 1. The summed E-state index contributed by atoms with van der Waals surface area (Å²) in [4.78, 5) is 11.7. The molecule has 0 saturated heterocycles. The van der Waals surface area contributed by atoms with Gasteiger partial charge in [-0.2, -0.15) is 0 Å². The highest BCUT2D eigenvalue weighted by Crippen LogP contribution is 2.22. The first-order valence-electron chi connectivity index (χ1n) is 6.94. The van der Waals surface area contributed by atoms with E-state index in [9.17, 15) is 9.18 Å². The normalized spacial score (nSPS) is 12.1. The number of rotatable bonds is 9. The summed E-state index contributed by atoms with van der Waals surface area (Å²) in [7, 11) is 2.62.